The lowest BCUT2D eigenvalue weighted by Crippen LogP contribution is -2.52. The fourth-order valence-corrected chi connectivity index (χ4v) is 3.76. The van der Waals surface area contributed by atoms with E-state index in [4.69, 9.17) is 16.3 Å². The van der Waals surface area contributed by atoms with E-state index < -0.39 is 17.8 Å². The Balaban J connectivity index is 1.88. The molecule has 0 bridgehead atoms. The predicted molar refractivity (Wildman–Crippen MR) is 136 cm³/mol. The van der Waals surface area contributed by atoms with Crippen LogP contribution in [-0.2, 0) is 22.6 Å². The number of nitrogens with zero attached hydrogens (tertiary/aromatic N) is 1. The van der Waals surface area contributed by atoms with E-state index in [1.54, 1.807) is 42.5 Å². The van der Waals surface area contributed by atoms with Gasteiger partial charge in [-0.1, -0.05) is 73.5 Å². The van der Waals surface area contributed by atoms with Crippen molar-refractivity contribution in [1.82, 2.24) is 10.2 Å². The Morgan fingerprint density at radius 3 is 2.37 bits per heavy atom. The molecule has 0 spiro atoms. The summed E-state index contributed by atoms with van der Waals surface area (Å²) in [5.41, 5.74) is 1.22. The maximum Gasteiger partial charge on any atom is 0.261 e. The van der Waals surface area contributed by atoms with Crippen LogP contribution in [-0.4, -0.2) is 35.9 Å². The Morgan fingerprint density at radius 2 is 1.69 bits per heavy atom. The molecule has 0 fully saturated rings. The number of ether oxygens (including phenoxy) is 1. The molecule has 0 aromatic heterocycles. The van der Waals surface area contributed by atoms with Crippen LogP contribution in [0.1, 0.15) is 30.9 Å². The highest BCUT2D eigenvalue weighted by Crippen LogP contribution is 2.19. The van der Waals surface area contributed by atoms with Crippen molar-refractivity contribution in [3.63, 3.8) is 0 Å². The van der Waals surface area contributed by atoms with Gasteiger partial charge in [0.25, 0.3) is 5.91 Å². The Morgan fingerprint density at radius 1 is 1.00 bits per heavy atom. The summed E-state index contributed by atoms with van der Waals surface area (Å²) in [5, 5.41) is 3.49. The first-order valence-electron chi connectivity index (χ1n) is 11.7. The predicted octanol–water partition coefficient (Wildman–Crippen LogP) is 5.41. The van der Waals surface area contributed by atoms with E-state index in [1.165, 1.54) is 11.0 Å². The molecule has 7 heteroatoms. The summed E-state index contributed by atoms with van der Waals surface area (Å²) in [6.45, 7) is 2.18. The number of halogens is 2. The summed E-state index contributed by atoms with van der Waals surface area (Å²) in [5.74, 6) is -0.664. The first-order valence-corrected chi connectivity index (χ1v) is 12.1. The van der Waals surface area contributed by atoms with Crippen LogP contribution in [0.3, 0.4) is 0 Å². The van der Waals surface area contributed by atoms with Gasteiger partial charge < -0.3 is 15.0 Å². The van der Waals surface area contributed by atoms with Crippen LogP contribution >= 0.6 is 11.6 Å². The molecule has 0 aliphatic rings. The summed E-state index contributed by atoms with van der Waals surface area (Å²) >= 11 is 5.92. The van der Waals surface area contributed by atoms with E-state index in [-0.39, 0.29) is 19.1 Å². The van der Waals surface area contributed by atoms with Crippen molar-refractivity contribution in [3.8, 4) is 5.75 Å². The molecule has 3 aromatic rings. The van der Waals surface area contributed by atoms with Crippen molar-refractivity contribution in [3.05, 3.63) is 101 Å². The van der Waals surface area contributed by atoms with Crippen molar-refractivity contribution in [2.45, 2.75) is 38.8 Å². The van der Waals surface area contributed by atoms with Gasteiger partial charge in [-0.2, -0.15) is 0 Å². The zero-order valence-electron chi connectivity index (χ0n) is 19.8. The molecule has 2 amide bonds. The minimum Gasteiger partial charge on any atom is -0.484 e. The monoisotopic (exact) mass is 496 g/mol. The van der Waals surface area contributed by atoms with E-state index in [0.29, 0.717) is 29.3 Å². The number of amides is 2. The molecule has 0 aliphatic heterocycles. The van der Waals surface area contributed by atoms with E-state index in [1.807, 2.05) is 37.3 Å². The fourth-order valence-electron chi connectivity index (χ4n) is 3.63. The Kier molecular flexibility index (Phi) is 10.1. The van der Waals surface area contributed by atoms with E-state index in [2.05, 4.69) is 5.32 Å². The van der Waals surface area contributed by atoms with Crippen molar-refractivity contribution in [2.75, 3.05) is 13.2 Å². The molecule has 0 aliphatic carbocycles. The highest BCUT2D eigenvalue weighted by atomic mass is 35.5. The third-order valence-corrected chi connectivity index (χ3v) is 5.83. The van der Waals surface area contributed by atoms with Gasteiger partial charge in [-0.15, -0.1) is 0 Å². The average molecular weight is 497 g/mol. The number of hydrogen-bond acceptors (Lipinski definition) is 3. The Bertz CT molecular complexity index is 1090. The molecule has 1 atom stereocenters. The summed E-state index contributed by atoms with van der Waals surface area (Å²) < 4.78 is 20.2. The number of hydrogen-bond donors (Lipinski definition) is 1. The van der Waals surface area contributed by atoms with Crippen LogP contribution < -0.4 is 10.1 Å². The van der Waals surface area contributed by atoms with E-state index >= 15 is 0 Å². The number of benzene rings is 3. The highest BCUT2D eigenvalue weighted by molar-refractivity contribution is 6.30. The summed E-state index contributed by atoms with van der Waals surface area (Å²) in [7, 11) is 0. The fraction of sp³-hybridized carbons (Fsp3) is 0.286. The number of carbonyl (C=O) groups is 2. The van der Waals surface area contributed by atoms with Gasteiger partial charge in [0.1, 0.15) is 17.6 Å². The Labute approximate surface area is 210 Å². The molecule has 1 unspecified atom stereocenters. The lowest BCUT2D eigenvalue weighted by Gasteiger charge is -2.31. The molecule has 0 saturated carbocycles. The topological polar surface area (TPSA) is 58.6 Å². The third kappa shape index (κ3) is 8.11. The minimum absolute atomic E-state index is 0.0613. The maximum absolute atomic E-state index is 14.6. The van der Waals surface area contributed by atoms with Gasteiger partial charge in [0, 0.05) is 30.1 Å². The Hall–Kier alpha value is -3.38. The van der Waals surface area contributed by atoms with Crippen molar-refractivity contribution < 1.29 is 18.7 Å². The second kappa shape index (κ2) is 13.5. The summed E-state index contributed by atoms with van der Waals surface area (Å²) in [6.07, 6.45) is 2.04. The van der Waals surface area contributed by atoms with Crippen molar-refractivity contribution >= 4 is 23.4 Å². The second-order valence-corrected chi connectivity index (χ2v) is 8.64. The summed E-state index contributed by atoms with van der Waals surface area (Å²) in [4.78, 5) is 28.1. The van der Waals surface area contributed by atoms with Crippen LogP contribution in [0.25, 0.3) is 0 Å². The van der Waals surface area contributed by atoms with Crippen LogP contribution in [0, 0.1) is 5.82 Å². The van der Waals surface area contributed by atoms with Gasteiger partial charge in [-0.3, -0.25) is 9.59 Å². The first kappa shape index (κ1) is 26.2. The highest BCUT2D eigenvalue weighted by Gasteiger charge is 2.31. The van der Waals surface area contributed by atoms with Gasteiger partial charge >= 0.3 is 0 Å². The molecule has 3 aromatic carbocycles. The molecule has 0 heterocycles. The molecular formula is C28H30ClFN2O3. The third-order valence-electron chi connectivity index (χ3n) is 5.58. The van der Waals surface area contributed by atoms with Crippen LogP contribution in [0.15, 0.2) is 78.9 Å². The smallest absolute Gasteiger partial charge is 0.261 e. The molecule has 5 nitrogen and oxygen atoms in total. The second-order valence-electron chi connectivity index (χ2n) is 8.21. The molecule has 184 valence electrons. The SMILES string of the molecule is CCCCNC(=O)C(Cc1ccccc1)N(Cc1ccccc1F)C(=O)COc1ccc(Cl)cc1. The maximum atomic E-state index is 14.6. The van der Waals surface area contributed by atoms with Gasteiger partial charge in [0.15, 0.2) is 6.61 Å². The zero-order chi connectivity index (χ0) is 25.0. The minimum atomic E-state index is -0.838. The standard InChI is InChI=1S/C28H30ClFN2O3/c1-2-3-17-31-28(34)26(18-21-9-5-4-6-10-21)32(19-22-11-7-8-12-25(22)30)27(33)20-35-24-15-13-23(29)14-16-24/h4-16,26H,2-3,17-20H2,1H3,(H,31,34). The molecule has 35 heavy (non-hydrogen) atoms. The normalized spacial score (nSPS) is 11.5. The lowest BCUT2D eigenvalue weighted by atomic mass is 10.0. The van der Waals surface area contributed by atoms with Crippen LogP contribution in [0.4, 0.5) is 4.39 Å². The summed E-state index contributed by atoms with van der Waals surface area (Å²) in [6, 6.07) is 21.5. The van der Waals surface area contributed by atoms with Crippen LogP contribution in [0.5, 0.6) is 5.75 Å². The number of carbonyl (C=O) groups excluding carboxylic acids is 2. The molecule has 0 radical (unpaired) electrons. The van der Waals surface area contributed by atoms with Gasteiger partial charge in [-0.25, -0.2) is 4.39 Å². The van der Waals surface area contributed by atoms with E-state index in [9.17, 15) is 14.0 Å². The van der Waals surface area contributed by atoms with Gasteiger partial charge in [-0.05, 0) is 42.3 Å². The molecular weight excluding hydrogens is 467 g/mol. The zero-order valence-corrected chi connectivity index (χ0v) is 20.5. The van der Waals surface area contributed by atoms with Crippen molar-refractivity contribution in [1.29, 1.82) is 0 Å². The number of nitrogens with one attached hydrogen (secondary N) is 1. The van der Waals surface area contributed by atoms with Gasteiger partial charge in [0.2, 0.25) is 5.91 Å². The lowest BCUT2D eigenvalue weighted by molar-refractivity contribution is -0.142. The molecule has 3 rings (SSSR count). The first-order chi connectivity index (χ1) is 17.0. The number of rotatable bonds is 12. The average Bonchev–Trinajstić information content (AvgIpc) is 2.87. The van der Waals surface area contributed by atoms with Gasteiger partial charge in [0.05, 0.1) is 0 Å². The van der Waals surface area contributed by atoms with Crippen molar-refractivity contribution in [2.24, 2.45) is 0 Å². The number of unbranched alkanes of at least 4 members (excludes halogenated alkanes) is 1. The molecule has 1 N–H and O–H groups in total. The molecule has 0 saturated heterocycles. The largest absolute Gasteiger partial charge is 0.484 e. The van der Waals surface area contributed by atoms with Crippen LogP contribution in [0.2, 0.25) is 5.02 Å². The van der Waals surface area contributed by atoms with E-state index in [0.717, 1.165) is 18.4 Å². The quantitative estimate of drug-likeness (QED) is 0.341.